The predicted molar refractivity (Wildman–Crippen MR) is 73.3 cm³/mol. The Morgan fingerprint density at radius 2 is 2.06 bits per heavy atom. The van der Waals surface area contributed by atoms with Crippen molar-refractivity contribution in [1.29, 1.82) is 0 Å². The SMILES string of the molecule is OC(CCS)C(O)c1c[nH]c2nc(Cl)nc(Cl)c12. The zero-order valence-electron chi connectivity index (χ0n) is 9.14. The Morgan fingerprint density at radius 1 is 1.33 bits per heavy atom. The Morgan fingerprint density at radius 3 is 2.72 bits per heavy atom. The molecule has 0 aliphatic carbocycles. The van der Waals surface area contributed by atoms with Crippen LogP contribution in [0.4, 0.5) is 0 Å². The van der Waals surface area contributed by atoms with Gasteiger partial charge in [-0.3, -0.25) is 0 Å². The maximum atomic E-state index is 10.0. The number of hydrogen-bond acceptors (Lipinski definition) is 5. The van der Waals surface area contributed by atoms with Gasteiger partial charge in [0.25, 0.3) is 0 Å². The molecular formula is C10H11Cl2N3O2S. The molecule has 0 saturated heterocycles. The molecule has 8 heteroatoms. The third-order valence-corrected chi connectivity index (χ3v) is 3.30. The first-order chi connectivity index (χ1) is 8.54. The van der Waals surface area contributed by atoms with Gasteiger partial charge in [-0.05, 0) is 23.8 Å². The second-order valence-corrected chi connectivity index (χ2v) is 4.92. The molecule has 0 bridgehead atoms. The van der Waals surface area contributed by atoms with E-state index in [1.807, 2.05) is 0 Å². The Kier molecular flexibility index (Phi) is 4.34. The van der Waals surface area contributed by atoms with Crippen molar-refractivity contribution in [3.63, 3.8) is 0 Å². The Bertz CT molecular complexity index is 563. The minimum Gasteiger partial charge on any atom is -0.390 e. The maximum Gasteiger partial charge on any atom is 0.225 e. The molecule has 0 saturated carbocycles. The van der Waals surface area contributed by atoms with Crippen molar-refractivity contribution in [1.82, 2.24) is 15.0 Å². The van der Waals surface area contributed by atoms with Crippen molar-refractivity contribution in [2.45, 2.75) is 18.6 Å². The zero-order valence-corrected chi connectivity index (χ0v) is 11.5. The summed E-state index contributed by atoms with van der Waals surface area (Å²) in [6, 6.07) is 0. The molecule has 2 atom stereocenters. The molecule has 5 nitrogen and oxygen atoms in total. The van der Waals surface area contributed by atoms with E-state index in [4.69, 9.17) is 23.2 Å². The van der Waals surface area contributed by atoms with Crippen molar-refractivity contribution in [3.05, 3.63) is 22.2 Å². The van der Waals surface area contributed by atoms with E-state index in [-0.39, 0.29) is 10.4 Å². The van der Waals surface area contributed by atoms with Gasteiger partial charge < -0.3 is 15.2 Å². The van der Waals surface area contributed by atoms with Gasteiger partial charge in [-0.25, -0.2) is 4.98 Å². The lowest BCUT2D eigenvalue weighted by molar-refractivity contribution is 0.0181. The van der Waals surface area contributed by atoms with Gasteiger partial charge in [-0.2, -0.15) is 17.6 Å². The summed E-state index contributed by atoms with van der Waals surface area (Å²) in [5.74, 6) is 0.469. The van der Waals surface area contributed by atoms with Gasteiger partial charge in [0.1, 0.15) is 16.9 Å². The van der Waals surface area contributed by atoms with Crippen molar-refractivity contribution < 1.29 is 10.2 Å². The highest BCUT2D eigenvalue weighted by Crippen LogP contribution is 2.31. The van der Waals surface area contributed by atoms with Gasteiger partial charge in [0.2, 0.25) is 5.28 Å². The van der Waals surface area contributed by atoms with Crippen molar-refractivity contribution >= 4 is 46.9 Å². The molecule has 2 heterocycles. The summed E-state index contributed by atoms with van der Waals surface area (Å²) < 4.78 is 0. The Balaban J connectivity index is 2.46. The monoisotopic (exact) mass is 307 g/mol. The van der Waals surface area contributed by atoms with E-state index in [0.717, 1.165) is 0 Å². The summed E-state index contributed by atoms with van der Waals surface area (Å²) in [4.78, 5) is 10.6. The number of rotatable bonds is 4. The Hall–Kier alpha value is -0.530. The van der Waals surface area contributed by atoms with E-state index in [1.54, 1.807) is 0 Å². The van der Waals surface area contributed by atoms with Gasteiger partial charge >= 0.3 is 0 Å². The largest absolute Gasteiger partial charge is 0.390 e. The molecule has 2 aromatic heterocycles. The summed E-state index contributed by atoms with van der Waals surface area (Å²) in [6.07, 6.45) is -0.0989. The number of aliphatic hydroxyl groups excluding tert-OH is 2. The molecule has 2 rings (SSSR count). The minimum atomic E-state index is -1.08. The molecule has 0 amide bonds. The summed E-state index contributed by atoms with van der Waals surface area (Å²) in [5.41, 5.74) is 0.869. The number of aromatic nitrogens is 3. The number of hydrogen-bond donors (Lipinski definition) is 4. The number of thiol groups is 1. The fourth-order valence-electron chi connectivity index (χ4n) is 1.72. The Labute approximate surface area is 119 Å². The number of H-pyrrole nitrogens is 1. The first kappa shape index (κ1) is 13.9. The minimum absolute atomic E-state index is 0.0197. The van der Waals surface area contributed by atoms with Crippen LogP contribution in [0.5, 0.6) is 0 Å². The molecule has 2 aromatic rings. The molecule has 3 N–H and O–H groups in total. The predicted octanol–water partition coefficient (Wildman–Crippen LogP) is 1.98. The molecule has 0 aromatic carbocycles. The zero-order chi connectivity index (χ0) is 13.3. The third-order valence-electron chi connectivity index (χ3n) is 2.60. The van der Waals surface area contributed by atoms with Crippen LogP contribution in [0.25, 0.3) is 11.0 Å². The molecule has 0 spiro atoms. The second-order valence-electron chi connectivity index (χ2n) is 3.78. The fourth-order valence-corrected chi connectivity index (χ4v) is 2.47. The standard InChI is InChI=1S/C10H11Cl2N3O2S/c11-8-6-4(7(17)5(16)1-2-18)3-13-9(6)15-10(12)14-8/h3,5,7,16-18H,1-2H2,(H,13,14,15). The number of aliphatic hydroxyl groups is 2. The second kappa shape index (κ2) is 5.63. The average Bonchev–Trinajstić information content (AvgIpc) is 2.72. The summed E-state index contributed by atoms with van der Waals surface area (Å²) in [5, 5.41) is 20.4. The van der Waals surface area contributed by atoms with Crippen LogP contribution in [0.3, 0.4) is 0 Å². The molecule has 0 aliphatic rings. The van der Waals surface area contributed by atoms with Crippen LogP contribution in [-0.4, -0.2) is 37.0 Å². The first-order valence-corrected chi connectivity index (χ1v) is 6.60. The normalized spacial score (nSPS) is 14.9. The van der Waals surface area contributed by atoms with E-state index in [2.05, 4.69) is 27.6 Å². The van der Waals surface area contributed by atoms with Gasteiger partial charge in [0.15, 0.2) is 0 Å². The number of halogens is 2. The number of aromatic amines is 1. The number of nitrogens with one attached hydrogen (secondary N) is 1. The molecule has 2 unspecified atom stereocenters. The van der Waals surface area contributed by atoms with Gasteiger partial charge in [0.05, 0.1) is 11.5 Å². The van der Waals surface area contributed by atoms with Crippen LogP contribution in [0, 0.1) is 0 Å². The van der Waals surface area contributed by atoms with E-state index < -0.39 is 12.2 Å². The van der Waals surface area contributed by atoms with E-state index in [0.29, 0.717) is 28.8 Å². The molecule has 98 valence electrons. The van der Waals surface area contributed by atoms with Crippen LogP contribution < -0.4 is 0 Å². The van der Waals surface area contributed by atoms with Crippen LogP contribution in [0.1, 0.15) is 18.1 Å². The van der Waals surface area contributed by atoms with Crippen molar-refractivity contribution in [3.8, 4) is 0 Å². The topological polar surface area (TPSA) is 82.0 Å². The number of fused-ring (bicyclic) bond motifs is 1. The first-order valence-electron chi connectivity index (χ1n) is 5.21. The van der Waals surface area contributed by atoms with E-state index in [1.165, 1.54) is 6.20 Å². The smallest absolute Gasteiger partial charge is 0.225 e. The maximum absolute atomic E-state index is 10.0. The quantitative estimate of drug-likeness (QED) is 0.395. The van der Waals surface area contributed by atoms with Gasteiger partial charge in [0, 0.05) is 11.8 Å². The molecular weight excluding hydrogens is 297 g/mol. The van der Waals surface area contributed by atoms with Crippen LogP contribution >= 0.6 is 35.8 Å². The highest BCUT2D eigenvalue weighted by Gasteiger charge is 2.23. The van der Waals surface area contributed by atoms with Crippen LogP contribution in [-0.2, 0) is 0 Å². The average molecular weight is 308 g/mol. The molecule has 0 fully saturated rings. The van der Waals surface area contributed by atoms with Crippen molar-refractivity contribution in [2.75, 3.05) is 5.75 Å². The summed E-state index contributed by atoms with van der Waals surface area (Å²) >= 11 is 15.7. The third kappa shape index (κ3) is 2.57. The van der Waals surface area contributed by atoms with Crippen LogP contribution in [0.15, 0.2) is 6.20 Å². The van der Waals surface area contributed by atoms with Gasteiger partial charge in [-0.15, -0.1) is 0 Å². The van der Waals surface area contributed by atoms with Crippen molar-refractivity contribution in [2.24, 2.45) is 0 Å². The molecule has 0 aliphatic heterocycles. The number of nitrogens with zero attached hydrogens (tertiary/aromatic N) is 2. The van der Waals surface area contributed by atoms with Gasteiger partial charge in [-0.1, -0.05) is 11.6 Å². The molecule has 0 radical (unpaired) electrons. The highest BCUT2D eigenvalue weighted by atomic mass is 35.5. The fraction of sp³-hybridized carbons (Fsp3) is 0.400. The lowest BCUT2D eigenvalue weighted by Gasteiger charge is -2.16. The lowest BCUT2D eigenvalue weighted by Crippen LogP contribution is -2.18. The lowest BCUT2D eigenvalue weighted by atomic mass is 10.0. The van der Waals surface area contributed by atoms with E-state index in [9.17, 15) is 10.2 Å². The highest BCUT2D eigenvalue weighted by molar-refractivity contribution is 7.80. The summed E-state index contributed by atoms with van der Waals surface area (Å²) in [7, 11) is 0. The summed E-state index contributed by atoms with van der Waals surface area (Å²) in [6.45, 7) is 0. The van der Waals surface area contributed by atoms with Crippen LogP contribution in [0.2, 0.25) is 10.4 Å². The van der Waals surface area contributed by atoms with E-state index >= 15 is 0 Å². The molecule has 18 heavy (non-hydrogen) atoms.